The third-order valence-electron chi connectivity index (χ3n) is 1.53. The molecule has 0 bridgehead atoms. The van der Waals surface area contributed by atoms with Gasteiger partial charge >= 0.3 is 0 Å². The van der Waals surface area contributed by atoms with Gasteiger partial charge in [0.1, 0.15) is 0 Å². The SMILES string of the molecule is CCOc1c(F)ccc(C)c1I. The van der Waals surface area contributed by atoms with E-state index in [1.54, 1.807) is 6.07 Å². The maximum Gasteiger partial charge on any atom is 0.168 e. The van der Waals surface area contributed by atoms with Crippen LogP contribution in [-0.2, 0) is 0 Å². The second kappa shape index (κ2) is 4.07. The molecule has 0 fully saturated rings. The van der Waals surface area contributed by atoms with Gasteiger partial charge in [-0.05, 0) is 48.1 Å². The summed E-state index contributed by atoms with van der Waals surface area (Å²) in [5.74, 6) is 0.0879. The molecule has 1 aromatic rings. The third-order valence-corrected chi connectivity index (χ3v) is 2.87. The van der Waals surface area contributed by atoms with E-state index >= 15 is 0 Å². The molecule has 1 rings (SSSR count). The van der Waals surface area contributed by atoms with Gasteiger partial charge in [-0.2, -0.15) is 0 Å². The lowest BCUT2D eigenvalue weighted by molar-refractivity contribution is 0.318. The van der Waals surface area contributed by atoms with Crippen LogP contribution in [0, 0.1) is 16.3 Å². The van der Waals surface area contributed by atoms with Crippen molar-refractivity contribution >= 4 is 22.6 Å². The van der Waals surface area contributed by atoms with E-state index in [9.17, 15) is 4.39 Å². The summed E-state index contributed by atoms with van der Waals surface area (Å²) < 4.78 is 19.1. The van der Waals surface area contributed by atoms with Crippen LogP contribution in [0.4, 0.5) is 4.39 Å². The molecule has 0 heterocycles. The molecule has 0 saturated carbocycles. The maximum atomic E-state index is 13.1. The number of ether oxygens (including phenoxy) is 1. The van der Waals surface area contributed by atoms with Gasteiger partial charge in [0, 0.05) is 0 Å². The van der Waals surface area contributed by atoms with Crippen LogP contribution in [0.1, 0.15) is 12.5 Å². The minimum absolute atomic E-state index is 0.285. The molecule has 66 valence electrons. The second-order valence-electron chi connectivity index (χ2n) is 2.44. The summed E-state index contributed by atoms with van der Waals surface area (Å²) in [5, 5.41) is 0. The normalized spacial score (nSPS) is 10.0. The van der Waals surface area contributed by atoms with Crippen molar-refractivity contribution in [1.82, 2.24) is 0 Å². The zero-order valence-electron chi connectivity index (χ0n) is 7.03. The first-order chi connectivity index (χ1) is 5.66. The van der Waals surface area contributed by atoms with Crippen LogP contribution in [0.25, 0.3) is 0 Å². The molecule has 0 saturated heterocycles. The van der Waals surface area contributed by atoms with Crippen molar-refractivity contribution in [3.8, 4) is 5.75 Å². The number of aryl methyl sites for hydroxylation is 1. The van der Waals surface area contributed by atoms with Crippen LogP contribution in [0.15, 0.2) is 12.1 Å². The highest BCUT2D eigenvalue weighted by Crippen LogP contribution is 2.27. The van der Waals surface area contributed by atoms with Gasteiger partial charge in [0.2, 0.25) is 0 Å². The third kappa shape index (κ3) is 1.88. The molecule has 0 aliphatic rings. The van der Waals surface area contributed by atoms with Crippen molar-refractivity contribution in [2.24, 2.45) is 0 Å². The highest BCUT2D eigenvalue weighted by molar-refractivity contribution is 14.1. The topological polar surface area (TPSA) is 9.23 Å². The van der Waals surface area contributed by atoms with Gasteiger partial charge in [0.05, 0.1) is 10.2 Å². The van der Waals surface area contributed by atoms with E-state index < -0.39 is 0 Å². The van der Waals surface area contributed by atoms with Crippen molar-refractivity contribution in [3.05, 3.63) is 27.1 Å². The molecule has 0 amide bonds. The lowest BCUT2D eigenvalue weighted by atomic mass is 10.2. The molecular weight excluding hydrogens is 270 g/mol. The zero-order chi connectivity index (χ0) is 9.14. The van der Waals surface area contributed by atoms with Gasteiger partial charge in [-0.25, -0.2) is 4.39 Å². The average Bonchev–Trinajstić information content (AvgIpc) is 2.06. The zero-order valence-corrected chi connectivity index (χ0v) is 9.18. The molecule has 0 spiro atoms. The van der Waals surface area contributed by atoms with E-state index in [1.165, 1.54) is 6.07 Å². The first-order valence-corrected chi connectivity index (χ1v) is 4.82. The number of halogens is 2. The highest BCUT2D eigenvalue weighted by atomic mass is 127. The van der Waals surface area contributed by atoms with Gasteiger partial charge in [-0.15, -0.1) is 0 Å². The van der Waals surface area contributed by atoms with Crippen LogP contribution in [0.3, 0.4) is 0 Å². The molecule has 0 unspecified atom stereocenters. The van der Waals surface area contributed by atoms with Crippen LogP contribution in [-0.4, -0.2) is 6.61 Å². The minimum atomic E-state index is -0.285. The predicted octanol–water partition coefficient (Wildman–Crippen LogP) is 3.14. The Morgan fingerprint density at radius 2 is 2.17 bits per heavy atom. The van der Waals surface area contributed by atoms with Crippen LogP contribution < -0.4 is 4.74 Å². The molecule has 3 heteroatoms. The standard InChI is InChI=1S/C9H10FIO/c1-3-12-9-7(10)5-4-6(2)8(9)11/h4-5H,3H2,1-2H3. The Bertz CT molecular complexity index is 286. The number of hydrogen-bond donors (Lipinski definition) is 0. The highest BCUT2D eigenvalue weighted by Gasteiger charge is 2.09. The molecule has 12 heavy (non-hydrogen) atoms. The fourth-order valence-electron chi connectivity index (χ4n) is 0.908. The van der Waals surface area contributed by atoms with Crippen molar-refractivity contribution in [2.75, 3.05) is 6.61 Å². The minimum Gasteiger partial charge on any atom is -0.490 e. The fourth-order valence-corrected chi connectivity index (χ4v) is 1.50. The van der Waals surface area contributed by atoms with Crippen LogP contribution in [0.2, 0.25) is 0 Å². The van der Waals surface area contributed by atoms with Gasteiger partial charge in [0.15, 0.2) is 11.6 Å². The largest absolute Gasteiger partial charge is 0.490 e. The summed E-state index contributed by atoms with van der Waals surface area (Å²) in [6.45, 7) is 4.28. The molecule has 0 radical (unpaired) electrons. The molecule has 1 aromatic carbocycles. The van der Waals surface area contributed by atoms with Crippen molar-refractivity contribution in [3.63, 3.8) is 0 Å². The molecule has 1 nitrogen and oxygen atoms in total. The predicted molar refractivity (Wildman–Crippen MR) is 55.0 cm³/mol. The van der Waals surface area contributed by atoms with Crippen molar-refractivity contribution < 1.29 is 9.13 Å². The summed E-state index contributed by atoms with van der Waals surface area (Å²) in [7, 11) is 0. The molecular formula is C9H10FIO. The summed E-state index contributed by atoms with van der Waals surface area (Å²) in [6.07, 6.45) is 0. The smallest absolute Gasteiger partial charge is 0.168 e. The lowest BCUT2D eigenvalue weighted by Crippen LogP contribution is -1.98. The van der Waals surface area contributed by atoms with Crippen LogP contribution in [0.5, 0.6) is 5.75 Å². The van der Waals surface area contributed by atoms with Gasteiger partial charge < -0.3 is 4.74 Å². The number of hydrogen-bond acceptors (Lipinski definition) is 1. The Labute approximate surface area is 85.1 Å². The van der Waals surface area contributed by atoms with Gasteiger partial charge in [0.25, 0.3) is 0 Å². The first-order valence-electron chi connectivity index (χ1n) is 3.74. The number of rotatable bonds is 2. The summed E-state index contributed by atoms with van der Waals surface area (Å²) in [6, 6.07) is 3.18. The van der Waals surface area contributed by atoms with E-state index in [0.29, 0.717) is 12.4 Å². The Morgan fingerprint density at radius 1 is 1.50 bits per heavy atom. The van der Waals surface area contributed by atoms with E-state index in [2.05, 4.69) is 22.6 Å². The van der Waals surface area contributed by atoms with Gasteiger partial charge in [-0.3, -0.25) is 0 Å². The van der Waals surface area contributed by atoms with E-state index in [-0.39, 0.29) is 5.82 Å². The van der Waals surface area contributed by atoms with Crippen molar-refractivity contribution in [1.29, 1.82) is 0 Å². The Hall–Kier alpha value is -0.320. The quantitative estimate of drug-likeness (QED) is 0.756. The Kier molecular flexibility index (Phi) is 3.31. The summed E-state index contributed by atoms with van der Waals surface area (Å²) in [4.78, 5) is 0. The van der Waals surface area contributed by atoms with E-state index in [0.717, 1.165) is 9.13 Å². The fraction of sp³-hybridized carbons (Fsp3) is 0.333. The lowest BCUT2D eigenvalue weighted by Gasteiger charge is -2.08. The number of benzene rings is 1. The Morgan fingerprint density at radius 3 is 2.75 bits per heavy atom. The molecule has 0 aromatic heterocycles. The summed E-state index contributed by atoms with van der Waals surface area (Å²) in [5.41, 5.74) is 1.04. The molecule has 0 aliphatic carbocycles. The molecule has 0 N–H and O–H groups in total. The van der Waals surface area contributed by atoms with E-state index in [4.69, 9.17) is 4.74 Å². The van der Waals surface area contributed by atoms with E-state index in [1.807, 2.05) is 13.8 Å². The Balaban J connectivity index is 3.14. The van der Waals surface area contributed by atoms with Crippen LogP contribution >= 0.6 is 22.6 Å². The average molecular weight is 280 g/mol. The molecule has 0 aliphatic heterocycles. The van der Waals surface area contributed by atoms with Gasteiger partial charge in [-0.1, -0.05) is 6.07 Å². The maximum absolute atomic E-state index is 13.1. The monoisotopic (exact) mass is 280 g/mol. The second-order valence-corrected chi connectivity index (χ2v) is 3.52. The molecule has 0 atom stereocenters. The van der Waals surface area contributed by atoms with Crippen molar-refractivity contribution in [2.45, 2.75) is 13.8 Å². The summed E-state index contributed by atoms with van der Waals surface area (Å²) >= 11 is 2.09. The first kappa shape index (κ1) is 9.77.